The van der Waals surface area contributed by atoms with Gasteiger partial charge in [-0.25, -0.2) is 4.98 Å². The lowest BCUT2D eigenvalue weighted by molar-refractivity contribution is 0.526. The van der Waals surface area contributed by atoms with Crippen molar-refractivity contribution in [2.75, 3.05) is 6.54 Å². The van der Waals surface area contributed by atoms with E-state index in [1.807, 2.05) is 0 Å². The van der Waals surface area contributed by atoms with Crippen molar-refractivity contribution >= 4 is 12.4 Å². The summed E-state index contributed by atoms with van der Waals surface area (Å²) >= 11 is 0. The first-order chi connectivity index (χ1) is 6.25. The van der Waals surface area contributed by atoms with Gasteiger partial charge in [0, 0.05) is 17.8 Å². The molecule has 1 rings (SSSR count). The molecule has 0 unspecified atom stereocenters. The average molecular weight is 220 g/mol. The molecule has 0 spiro atoms. The quantitative estimate of drug-likeness (QED) is 0.752. The van der Waals surface area contributed by atoms with Crippen LogP contribution in [0.3, 0.4) is 0 Å². The van der Waals surface area contributed by atoms with Crippen LogP contribution >= 0.6 is 12.4 Å². The van der Waals surface area contributed by atoms with Crippen LogP contribution in [-0.4, -0.2) is 11.5 Å². The number of hydrogen-bond donors (Lipinski definition) is 2. The maximum Gasteiger partial charge on any atom is 0.217 e. The minimum Gasteiger partial charge on any atom is -0.330 e. The van der Waals surface area contributed by atoms with Crippen LogP contribution in [0.25, 0.3) is 0 Å². The van der Waals surface area contributed by atoms with E-state index in [4.69, 9.17) is 11.5 Å². The Kier molecular flexibility index (Phi) is 6.36. The van der Waals surface area contributed by atoms with Gasteiger partial charge in [0.1, 0.15) is 0 Å². The standard InChI is InChI=1S/C9H14FN3.ClH/c10-9-7(3-2-6-13-9)8(12)4-1-5-11;/h2-3,6,8H,1,4-5,11-12H2;1H/t8-;/m1./s1. The third-order valence-electron chi connectivity index (χ3n) is 1.91. The summed E-state index contributed by atoms with van der Waals surface area (Å²) in [6.07, 6.45) is 2.91. The second-order valence-electron chi connectivity index (χ2n) is 2.92. The number of pyridine rings is 1. The summed E-state index contributed by atoms with van der Waals surface area (Å²) in [6, 6.07) is 3.04. The number of halogens is 2. The summed E-state index contributed by atoms with van der Waals surface area (Å²) in [5.74, 6) is -0.480. The highest BCUT2D eigenvalue weighted by atomic mass is 35.5. The Morgan fingerprint density at radius 1 is 1.50 bits per heavy atom. The van der Waals surface area contributed by atoms with Crippen molar-refractivity contribution in [2.24, 2.45) is 11.5 Å². The number of nitrogens with two attached hydrogens (primary N) is 2. The summed E-state index contributed by atoms with van der Waals surface area (Å²) in [6.45, 7) is 0.579. The molecule has 0 saturated carbocycles. The molecule has 0 aliphatic heterocycles. The number of rotatable bonds is 4. The molecule has 0 aromatic carbocycles. The zero-order chi connectivity index (χ0) is 9.68. The highest BCUT2D eigenvalue weighted by molar-refractivity contribution is 5.85. The molecule has 0 saturated heterocycles. The molecule has 0 bridgehead atoms. The van der Waals surface area contributed by atoms with E-state index in [1.165, 1.54) is 6.20 Å². The van der Waals surface area contributed by atoms with E-state index in [0.29, 0.717) is 18.5 Å². The van der Waals surface area contributed by atoms with E-state index in [9.17, 15) is 4.39 Å². The summed E-state index contributed by atoms with van der Waals surface area (Å²) < 4.78 is 13.0. The van der Waals surface area contributed by atoms with Gasteiger partial charge in [-0.2, -0.15) is 4.39 Å². The van der Waals surface area contributed by atoms with Crippen molar-refractivity contribution in [2.45, 2.75) is 18.9 Å². The molecule has 0 aliphatic rings. The highest BCUT2D eigenvalue weighted by Crippen LogP contribution is 2.16. The molecule has 1 heterocycles. The molecular formula is C9H15ClFN3. The maximum atomic E-state index is 13.0. The van der Waals surface area contributed by atoms with E-state index in [2.05, 4.69) is 4.98 Å². The van der Waals surface area contributed by atoms with E-state index < -0.39 is 5.95 Å². The highest BCUT2D eigenvalue weighted by Gasteiger charge is 2.10. The van der Waals surface area contributed by atoms with Gasteiger partial charge in [0.2, 0.25) is 5.95 Å². The van der Waals surface area contributed by atoms with Gasteiger partial charge in [-0.3, -0.25) is 0 Å². The smallest absolute Gasteiger partial charge is 0.217 e. The molecule has 14 heavy (non-hydrogen) atoms. The molecule has 3 nitrogen and oxygen atoms in total. The normalized spacial score (nSPS) is 11.9. The van der Waals surface area contributed by atoms with Crippen molar-refractivity contribution in [3.63, 3.8) is 0 Å². The van der Waals surface area contributed by atoms with Crippen LogP contribution < -0.4 is 11.5 Å². The molecular weight excluding hydrogens is 205 g/mol. The van der Waals surface area contributed by atoms with Crippen molar-refractivity contribution in [1.82, 2.24) is 4.98 Å². The van der Waals surface area contributed by atoms with Crippen molar-refractivity contribution < 1.29 is 4.39 Å². The first-order valence-corrected chi connectivity index (χ1v) is 4.31. The summed E-state index contributed by atoms with van der Waals surface area (Å²) in [7, 11) is 0. The minimum atomic E-state index is -0.480. The summed E-state index contributed by atoms with van der Waals surface area (Å²) in [4.78, 5) is 3.53. The molecule has 80 valence electrons. The monoisotopic (exact) mass is 219 g/mol. The predicted molar refractivity (Wildman–Crippen MR) is 56.7 cm³/mol. The Morgan fingerprint density at radius 3 is 2.79 bits per heavy atom. The lowest BCUT2D eigenvalue weighted by atomic mass is 10.0. The van der Waals surface area contributed by atoms with E-state index in [1.54, 1.807) is 12.1 Å². The largest absolute Gasteiger partial charge is 0.330 e. The molecule has 4 N–H and O–H groups in total. The van der Waals surface area contributed by atoms with Gasteiger partial charge in [-0.05, 0) is 25.5 Å². The van der Waals surface area contributed by atoms with Crippen LogP contribution in [0.15, 0.2) is 18.3 Å². The second kappa shape index (κ2) is 6.70. The Morgan fingerprint density at radius 2 is 2.21 bits per heavy atom. The van der Waals surface area contributed by atoms with E-state index in [-0.39, 0.29) is 18.4 Å². The predicted octanol–water partition coefficient (Wildman–Crippen LogP) is 1.38. The van der Waals surface area contributed by atoms with Gasteiger partial charge in [0.05, 0.1) is 0 Å². The van der Waals surface area contributed by atoms with Crippen molar-refractivity contribution in [1.29, 1.82) is 0 Å². The fourth-order valence-corrected chi connectivity index (χ4v) is 1.17. The SMILES string of the molecule is Cl.NCCC[C@@H](N)c1cccnc1F. The Bertz CT molecular complexity index is 270. The molecule has 0 aliphatic carbocycles. The lowest BCUT2D eigenvalue weighted by Crippen LogP contribution is -2.14. The molecule has 0 radical (unpaired) electrons. The zero-order valence-electron chi connectivity index (χ0n) is 7.82. The molecule has 1 aromatic rings. The number of hydrogen-bond acceptors (Lipinski definition) is 3. The zero-order valence-corrected chi connectivity index (χ0v) is 8.64. The lowest BCUT2D eigenvalue weighted by Gasteiger charge is -2.10. The molecule has 1 atom stereocenters. The van der Waals surface area contributed by atoms with Gasteiger partial charge in [-0.1, -0.05) is 6.07 Å². The average Bonchev–Trinajstić information content (AvgIpc) is 2.15. The second-order valence-corrected chi connectivity index (χ2v) is 2.92. The van der Waals surface area contributed by atoms with Crippen LogP contribution in [0.1, 0.15) is 24.4 Å². The van der Waals surface area contributed by atoms with Gasteiger partial charge < -0.3 is 11.5 Å². The number of nitrogens with zero attached hydrogens (tertiary/aromatic N) is 1. The molecule has 0 fully saturated rings. The van der Waals surface area contributed by atoms with Gasteiger partial charge in [-0.15, -0.1) is 12.4 Å². The molecule has 5 heteroatoms. The van der Waals surface area contributed by atoms with Crippen LogP contribution in [0.2, 0.25) is 0 Å². The summed E-state index contributed by atoms with van der Waals surface area (Å²) in [5, 5.41) is 0. The first-order valence-electron chi connectivity index (χ1n) is 4.31. The van der Waals surface area contributed by atoms with Crippen LogP contribution in [0.5, 0.6) is 0 Å². The summed E-state index contributed by atoms with van der Waals surface area (Å²) in [5.41, 5.74) is 11.5. The Labute approximate surface area is 89.1 Å². The van der Waals surface area contributed by atoms with Gasteiger partial charge in [0.15, 0.2) is 0 Å². The third-order valence-corrected chi connectivity index (χ3v) is 1.91. The fraction of sp³-hybridized carbons (Fsp3) is 0.444. The fourth-order valence-electron chi connectivity index (χ4n) is 1.17. The van der Waals surface area contributed by atoms with Crippen molar-refractivity contribution in [3.05, 3.63) is 29.8 Å². The molecule has 0 amide bonds. The third kappa shape index (κ3) is 3.57. The maximum absolute atomic E-state index is 13.0. The van der Waals surface area contributed by atoms with Crippen LogP contribution in [0, 0.1) is 5.95 Å². The van der Waals surface area contributed by atoms with E-state index in [0.717, 1.165) is 6.42 Å². The van der Waals surface area contributed by atoms with Gasteiger partial charge >= 0.3 is 0 Å². The van der Waals surface area contributed by atoms with Crippen LogP contribution in [-0.2, 0) is 0 Å². The number of aromatic nitrogens is 1. The van der Waals surface area contributed by atoms with Gasteiger partial charge in [0.25, 0.3) is 0 Å². The Hall–Kier alpha value is -0.710. The van der Waals surface area contributed by atoms with Crippen LogP contribution in [0.4, 0.5) is 4.39 Å². The Balaban J connectivity index is 0.00000169. The van der Waals surface area contributed by atoms with Crippen molar-refractivity contribution in [3.8, 4) is 0 Å². The first kappa shape index (κ1) is 13.3. The topological polar surface area (TPSA) is 64.9 Å². The molecule has 1 aromatic heterocycles. The van der Waals surface area contributed by atoms with E-state index >= 15 is 0 Å². The minimum absolute atomic E-state index is 0.